The lowest BCUT2D eigenvalue weighted by molar-refractivity contribution is -0.128. The lowest BCUT2D eigenvalue weighted by Gasteiger charge is -2.33. The van der Waals surface area contributed by atoms with E-state index in [1.165, 1.54) is 0 Å². The molecular formula is C11H22N2O2. The summed E-state index contributed by atoms with van der Waals surface area (Å²) >= 11 is 0. The molecule has 1 aliphatic rings. The van der Waals surface area contributed by atoms with Crippen LogP contribution in [-0.2, 0) is 9.53 Å². The molecule has 15 heavy (non-hydrogen) atoms. The van der Waals surface area contributed by atoms with E-state index in [4.69, 9.17) is 4.74 Å². The molecule has 2 N–H and O–H groups in total. The molecule has 0 aromatic carbocycles. The predicted molar refractivity (Wildman–Crippen MR) is 59.7 cm³/mol. The fourth-order valence-corrected chi connectivity index (χ4v) is 1.76. The van der Waals surface area contributed by atoms with Gasteiger partial charge in [-0.2, -0.15) is 0 Å². The Kier molecular flexibility index (Phi) is 4.54. The van der Waals surface area contributed by atoms with Crippen LogP contribution in [0.15, 0.2) is 0 Å². The van der Waals surface area contributed by atoms with Crippen LogP contribution in [0.5, 0.6) is 0 Å². The maximum absolute atomic E-state index is 11.9. The number of nitrogens with one attached hydrogen (secondary N) is 2. The van der Waals surface area contributed by atoms with Crippen molar-refractivity contribution >= 4 is 5.91 Å². The van der Waals surface area contributed by atoms with Gasteiger partial charge in [0.25, 0.3) is 0 Å². The van der Waals surface area contributed by atoms with Crippen LogP contribution in [0.4, 0.5) is 0 Å². The second kappa shape index (κ2) is 5.47. The second-order valence-corrected chi connectivity index (χ2v) is 4.47. The molecule has 1 fully saturated rings. The Morgan fingerprint density at radius 2 is 2.33 bits per heavy atom. The van der Waals surface area contributed by atoms with Gasteiger partial charge in [-0.25, -0.2) is 0 Å². The molecule has 4 nitrogen and oxygen atoms in total. The van der Waals surface area contributed by atoms with E-state index in [-0.39, 0.29) is 17.6 Å². The zero-order valence-electron chi connectivity index (χ0n) is 9.93. The van der Waals surface area contributed by atoms with Crippen LogP contribution in [0.25, 0.3) is 0 Å². The average molecular weight is 214 g/mol. The zero-order valence-corrected chi connectivity index (χ0v) is 9.93. The highest BCUT2D eigenvalue weighted by Gasteiger charge is 2.33. The Morgan fingerprint density at radius 3 is 2.87 bits per heavy atom. The fourth-order valence-electron chi connectivity index (χ4n) is 1.76. The van der Waals surface area contributed by atoms with E-state index in [1.807, 2.05) is 13.8 Å². The van der Waals surface area contributed by atoms with Gasteiger partial charge in [0.1, 0.15) is 0 Å². The van der Waals surface area contributed by atoms with Crippen molar-refractivity contribution in [2.24, 2.45) is 0 Å². The van der Waals surface area contributed by atoms with E-state index in [9.17, 15) is 4.79 Å². The lowest BCUT2D eigenvalue weighted by atomic mass is 9.90. The molecular weight excluding hydrogens is 192 g/mol. The molecule has 0 aromatic heterocycles. The first-order valence-corrected chi connectivity index (χ1v) is 5.64. The van der Waals surface area contributed by atoms with E-state index < -0.39 is 0 Å². The third-order valence-electron chi connectivity index (χ3n) is 3.07. The lowest BCUT2D eigenvalue weighted by Crippen LogP contribution is -2.57. The maximum atomic E-state index is 11.9. The molecule has 1 rings (SSSR count). The first kappa shape index (κ1) is 12.5. The van der Waals surface area contributed by atoms with E-state index in [1.54, 1.807) is 7.11 Å². The number of hydrogen-bond donors (Lipinski definition) is 2. The number of carbonyl (C=O) groups excluding carboxylic acids is 1. The van der Waals surface area contributed by atoms with E-state index >= 15 is 0 Å². The van der Waals surface area contributed by atoms with E-state index in [0.29, 0.717) is 6.54 Å². The topological polar surface area (TPSA) is 50.4 Å². The minimum atomic E-state index is -0.383. The molecule has 0 spiro atoms. The van der Waals surface area contributed by atoms with Crippen molar-refractivity contribution in [3.8, 4) is 0 Å². The van der Waals surface area contributed by atoms with Crippen molar-refractivity contribution < 1.29 is 9.53 Å². The summed E-state index contributed by atoms with van der Waals surface area (Å²) in [7, 11) is 1.65. The smallest absolute Gasteiger partial charge is 0.240 e. The van der Waals surface area contributed by atoms with Gasteiger partial charge in [0, 0.05) is 13.7 Å². The van der Waals surface area contributed by atoms with Crippen LogP contribution in [0.2, 0.25) is 0 Å². The molecule has 4 heteroatoms. The molecule has 0 aliphatic carbocycles. The quantitative estimate of drug-likeness (QED) is 0.723. The molecule has 1 amide bonds. The van der Waals surface area contributed by atoms with Gasteiger partial charge in [-0.05, 0) is 39.7 Å². The molecule has 0 aromatic rings. The summed E-state index contributed by atoms with van der Waals surface area (Å²) in [6.07, 6.45) is 3.27. The standard InChI is InChI=1S/C11H22N2O2/c1-9(15-3)8-12-10(14)11(2)6-4-5-7-13-11/h9,13H,4-8H2,1-3H3,(H,12,14). The van der Waals surface area contributed by atoms with Crippen molar-refractivity contribution in [2.45, 2.75) is 44.8 Å². The Morgan fingerprint density at radius 1 is 1.60 bits per heavy atom. The highest BCUT2D eigenvalue weighted by Crippen LogP contribution is 2.18. The summed E-state index contributed by atoms with van der Waals surface area (Å²) < 4.78 is 5.09. The molecule has 1 heterocycles. The minimum absolute atomic E-state index is 0.0705. The van der Waals surface area contributed by atoms with Gasteiger partial charge in [-0.1, -0.05) is 0 Å². The molecule has 88 valence electrons. The molecule has 0 radical (unpaired) electrons. The zero-order chi connectivity index (χ0) is 11.3. The second-order valence-electron chi connectivity index (χ2n) is 4.47. The van der Waals surface area contributed by atoms with Gasteiger partial charge in [0.2, 0.25) is 5.91 Å². The van der Waals surface area contributed by atoms with Crippen LogP contribution in [0, 0.1) is 0 Å². The summed E-state index contributed by atoms with van der Waals surface area (Å²) in [5, 5.41) is 6.20. The Labute approximate surface area is 91.8 Å². The summed E-state index contributed by atoms with van der Waals surface area (Å²) in [6.45, 7) is 5.42. The van der Waals surface area contributed by atoms with Crippen molar-refractivity contribution in [1.82, 2.24) is 10.6 Å². The van der Waals surface area contributed by atoms with Crippen LogP contribution in [0.1, 0.15) is 33.1 Å². The molecule has 2 atom stereocenters. The Balaban J connectivity index is 2.37. The van der Waals surface area contributed by atoms with Crippen LogP contribution in [-0.4, -0.2) is 37.7 Å². The minimum Gasteiger partial charge on any atom is -0.380 e. The number of rotatable bonds is 4. The third-order valence-corrected chi connectivity index (χ3v) is 3.07. The van der Waals surface area contributed by atoms with E-state index in [2.05, 4.69) is 10.6 Å². The number of methoxy groups -OCH3 is 1. The monoisotopic (exact) mass is 214 g/mol. The summed E-state index contributed by atoms with van der Waals surface area (Å²) in [5.74, 6) is 0.0890. The van der Waals surface area contributed by atoms with Gasteiger partial charge in [-0.3, -0.25) is 4.79 Å². The van der Waals surface area contributed by atoms with Crippen molar-refractivity contribution in [2.75, 3.05) is 20.2 Å². The van der Waals surface area contributed by atoms with Crippen LogP contribution in [0.3, 0.4) is 0 Å². The molecule has 2 unspecified atom stereocenters. The van der Waals surface area contributed by atoms with Gasteiger partial charge >= 0.3 is 0 Å². The number of hydrogen-bond acceptors (Lipinski definition) is 3. The highest BCUT2D eigenvalue weighted by atomic mass is 16.5. The van der Waals surface area contributed by atoms with Crippen LogP contribution >= 0.6 is 0 Å². The largest absolute Gasteiger partial charge is 0.380 e. The molecule has 1 saturated heterocycles. The number of piperidine rings is 1. The Hall–Kier alpha value is -0.610. The highest BCUT2D eigenvalue weighted by molar-refractivity contribution is 5.85. The Bertz CT molecular complexity index is 213. The van der Waals surface area contributed by atoms with Gasteiger partial charge in [0.15, 0.2) is 0 Å². The first-order valence-electron chi connectivity index (χ1n) is 5.64. The number of ether oxygens (including phenoxy) is 1. The normalized spacial score (nSPS) is 28.5. The molecule has 1 aliphatic heterocycles. The number of carbonyl (C=O) groups is 1. The summed E-state index contributed by atoms with van der Waals surface area (Å²) in [5.41, 5.74) is -0.383. The summed E-state index contributed by atoms with van der Waals surface area (Å²) in [4.78, 5) is 11.9. The maximum Gasteiger partial charge on any atom is 0.240 e. The van der Waals surface area contributed by atoms with Gasteiger partial charge in [-0.15, -0.1) is 0 Å². The van der Waals surface area contributed by atoms with Gasteiger partial charge in [0.05, 0.1) is 11.6 Å². The molecule has 0 saturated carbocycles. The van der Waals surface area contributed by atoms with E-state index in [0.717, 1.165) is 25.8 Å². The fraction of sp³-hybridized carbons (Fsp3) is 0.909. The van der Waals surface area contributed by atoms with Crippen LogP contribution < -0.4 is 10.6 Å². The average Bonchev–Trinajstić information content (AvgIpc) is 2.26. The van der Waals surface area contributed by atoms with Crippen molar-refractivity contribution in [3.63, 3.8) is 0 Å². The first-order chi connectivity index (χ1) is 7.08. The summed E-state index contributed by atoms with van der Waals surface area (Å²) in [6, 6.07) is 0. The van der Waals surface area contributed by atoms with Crippen molar-refractivity contribution in [1.29, 1.82) is 0 Å². The number of amides is 1. The molecule has 0 bridgehead atoms. The predicted octanol–water partition coefficient (Wildman–Crippen LogP) is 0.670. The van der Waals surface area contributed by atoms with Gasteiger partial charge < -0.3 is 15.4 Å². The third kappa shape index (κ3) is 3.47. The SMILES string of the molecule is COC(C)CNC(=O)C1(C)CCCCN1. The van der Waals surface area contributed by atoms with Crippen molar-refractivity contribution in [3.05, 3.63) is 0 Å².